The molecule has 0 spiro atoms. The van der Waals surface area contributed by atoms with Gasteiger partial charge in [0, 0.05) is 36.2 Å². The van der Waals surface area contributed by atoms with Crippen LogP contribution in [-0.4, -0.2) is 44.1 Å². The molecule has 0 radical (unpaired) electrons. The topological polar surface area (TPSA) is 88.7 Å². The van der Waals surface area contributed by atoms with Crippen LogP contribution in [0.5, 0.6) is 5.75 Å². The van der Waals surface area contributed by atoms with Gasteiger partial charge in [0.25, 0.3) is 5.56 Å². The van der Waals surface area contributed by atoms with Crippen LogP contribution in [-0.2, 0) is 21.3 Å². The van der Waals surface area contributed by atoms with Crippen LogP contribution >= 0.6 is 0 Å². The third-order valence-electron chi connectivity index (χ3n) is 6.11. The second-order valence-corrected chi connectivity index (χ2v) is 10.6. The van der Waals surface area contributed by atoms with Crippen molar-refractivity contribution in [3.05, 3.63) is 69.0 Å². The molecule has 1 aliphatic rings. The summed E-state index contributed by atoms with van der Waals surface area (Å²) in [5.41, 5.74) is 3.14. The Morgan fingerprint density at radius 1 is 1.12 bits per heavy atom. The fourth-order valence-corrected chi connectivity index (χ4v) is 6.49. The number of benzene rings is 2. The van der Waals surface area contributed by atoms with E-state index in [1.807, 2.05) is 39.0 Å². The number of sulfonamides is 1. The molecule has 4 rings (SSSR count). The molecule has 1 N–H and O–H groups in total. The minimum absolute atomic E-state index is 0.0442. The van der Waals surface area contributed by atoms with Crippen molar-refractivity contribution in [2.24, 2.45) is 0 Å². The number of ether oxygens (including phenoxy) is 2. The van der Waals surface area contributed by atoms with Gasteiger partial charge in [-0.2, -0.15) is 4.31 Å². The van der Waals surface area contributed by atoms with Gasteiger partial charge in [-0.15, -0.1) is 0 Å². The third-order valence-corrected chi connectivity index (χ3v) is 8.23. The van der Waals surface area contributed by atoms with Crippen LogP contribution in [0.25, 0.3) is 10.9 Å². The molecule has 0 saturated carbocycles. The summed E-state index contributed by atoms with van der Waals surface area (Å²) >= 11 is 0. The quantitative estimate of drug-likeness (QED) is 0.567. The molecule has 1 unspecified atom stereocenters. The van der Waals surface area contributed by atoms with Crippen molar-refractivity contribution in [3.63, 3.8) is 0 Å². The summed E-state index contributed by atoms with van der Waals surface area (Å²) in [5, 5.41) is 0.779. The van der Waals surface area contributed by atoms with E-state index in [2.05, 4.69) is 4.98 Å². The molecule has 0 aliphatic carbocycles. The van der Waals surface area contributed by atoms with E-state index in [0.717, 1.165) is 23.8 Å². The highest BCUT2D eigenvalue weighted by atomic mass is 32.2. The van der Waals surface area contributed by atoms with Gasteiger partial charge in [-0.05, 0) is 69.0 Å². The molecule has 8 heteroatoms. The molecule has 0 amide bonds. The molecule has 2 heterocycles. The number of rotatable bonds is 7. The van der Waals surface area contributed by atoms with Gasteiger partial charge in [0.05, 0.1) is 18.1 Å². The van der Waals surface area contributed by atoms with Gasteiger partial charge in [-0.1, -0.05) is 17.7 Å². The van der Waals surface area contributed by atoms with Crippen LogP contribution < -0.4 is 10.3 Å². The number of methoxy groups -OCH3 is 1. The summed E-state index contributed by atoms with van der Waals surface area (Å²) in [7, 11) is -2.29. The maximum absolute atomic E-state index is 13.9. The molecular formula is C25H30N2O5S. The van der Waals surface area contributed by atoms with Crippen LogP contribution in [0, 0.1) is 20.8 Å². The lowest BCUT2D eigenvalue weighted by Crippen LogP contribution is -2.38. The monoisotopic (exact) mass is 470 g/mol. The Bertz CT molecular complexity index is 1320. The number of aromatic amines is 1. The standard InChI is InChI=1S/C25H30N2O5S/c1-16-10-17(2)24(18(3)11-16)33(29,30)27(15-22-6-5-9-32-22)14-20-12-19-13-21(31-4)7-8-23(19)26-25(20)28/h7-8,10-13,22H,5-6,9,14-15H2,1-4H3,(H,26,28). The number of aryl methyl sites for hydroxylation is 3. The summed E-state index contributed by atoms with van der Waals surface area (Å²) < 4.78 is 40.2. The normalized spacial score (nSPS) is 16.6. The Morgan fingerprint density at radius 3 is 2.48 bits per heavy atom. The lowest BCUT2D eigenvalue weighted by atomic mass is 10.1. The highest BCUT2D eigenvalue weighted by Gasteiger charge is 2.32. The van der Waals surface area contributed by atoms with Crippen LogP contribution in [0.3, 0.4) is 0 Å². The first-order chi connectivity index (χ1) is 15.7. The Hall–Kier alpha value is -2.68. The molecule has 1 saturated heterocycles. The summed E-state index contributed by atoms with van der Waals surface area (Å²) in [4.78, 5) is 16.0. The number of fused-ring (bicyclic) bond motifs is 1. The van der Waals surface area contributed by atoms with Gasteiger partial charge in [0.1, 0.15) is 5.75 Å². The van der Waals surface area contributed by atoms with Crippen LogP contribution in [0.2, 0.25) is 0 Å². The van der Waals surface area contributed by atoms with Crippen molar-refractivity contribution in [1.82, 2.24) is 9.29 Å². The average molecular weight is 471 g/mol. The minimum atomic E-state index is -3.87. The first-order valence-electron chi connectivity index (χ1n) is 11.1. The third kappa shape index (κ3) is 4.83. The number of nitrogens with zero attached hydrogens (tertiary/aromatic N) is 1. The smallest absolute Gasteiger partial charge is 0.252 e. The van der Waals surface area contributed by atoms with E-state index in [1.54, 1.807) is 25.3 Å². The van der Waals surface area contributed by atoms with Crippen LogP contribution in [0.1, 0.15) is 35.1 Å². The molecule has 3 aromatic rings. The van der Waals surface area contributed by atoms with Gasteiger partial charge in [0.15, 0.2) is 0 Å². The Balaban J connectivity index is 1.78. The first kappa shape index (κ1) is 23.5. The summed E-state index contributed by atoms with van der Waals surface area (Å²) in [6, 6.07) is 10.9. The van der Waals surface area contributed by atoms with Crippen molar-refractivity contribution in [2.45, 2.75) is 51.2 Å². The van der Waals surface area contributed by atoms with E-state index in [9.17, 15) is 13.2 Å². The zero-order valence-corrected chi connectivity index (χ0v) is 20.3. The van der Waals surface area contributed by atoms with E-state index in [1.165, 1.54) is 4.31 Å². The molecular weight excluding hydrogens is 440 g/mol. The van der Waals surface area contributed by atoms with Crippen molar-refractivity contribution < 1.29 is 17.9 Å². The maximum Gasteiger partial charge on any atom is 0.252 e. The Morgan fingerprint density at radius 2 is 1.85 bits per heavy atom. The molecule has 0 bridgehead atoms. The molecule has 7 nitrogen and oxygen atoms in total. The van der Waals surface area contributed by atoms with E-state index in [-0.39, 0.29) is 24.8 Å². The lowest BCUT2D eigenvalue weighted by Gasteiger charge is -2.26. The van der Waals surface area contributed by atoms with Crippen molar-refractivity contribution in [1.29, 1.82) is 0 Å². The van der Waals surface area contributed by atoms with E-state index < -0.39 is 10.0 Å². The number of H-pyrrole nitrogens is 1. The number of hydrogen-bond acceptors (Lipinski definition) is 5. The van der Waals surface area contributed by atoms with Gasteiger partial charge in [-0.3, -0.25) is 4.79 Å². The fraction of sp³-hybridized carbons (Fsp3) is 0.400. The van der Waals surface area contributed by atoms with E-state index in [4.69, 9.17) is 9.47 Å². The molecule has 1 atom stereocenters. The van der Waals surface area contributed by atoms with Gasteiger partial charge < -0.3 is 14.5 Å². The molecule has 2 aromatic carbocycles. The zero-order valence-electron chi connectivity index (χ0n) is 19.5. The Labute approximate surface area is 194 Å². The van der Waals surface area contributed by atoms with Crippen molar-refractivity contribution >= 4 is 20.9 Å². The van der Waals surface area contributed by atoms with Gasteiger partial charge >= 0.3 is 0 Å². The maximum atomic E-state index is 13.9. The number of hydrogen-bond donors (Lipinski definition) is 1. The molecule has 1 aliphatic heterocycles. The number of pyridine rings is 1. The zero-order chi connectivity index (χ0) is 23.8. The second-order valence-electron chi connectivity index (χ2n) is 8.74. The van der Waals surface area contributed by atoms with Crippen LogP contribution in [0.4, 0.5) is 0 Å². The Kier molecular flexibility index (Phi) is 6.61. The highest BCUT2D eigenvalue weighted by molar-refractivity contribution is 7.89. The van der Waals surface area contributed by atoms with E-state index >= 15 is 0 Å². The fourth-order valence-electron chi connectivity index (χ4n) is 4.63. The summed E-state index contributed by atoms with van der Waals surface area (Å²) in [6.07, 6.45) is 1.51. The molecule has 1 fully saturated rings. The molecule has 33 heavy (non-hydrogen) atoms. The predicted molar refractivity (Wildman–Crippen MR) is 128 cm³/mol. The number of nitrogens with one attached hydrogen (secondary N) is 1. The SMILES string of the molecule is COc1ccc2[nH]c(=O)c(CN(CC3CCCO3)S(=O)(=O)c3c(C)cc(C)cc3C)cc2c1. The first-order valence-corrected chi connectivity index (χ1v) is 12.5. The summed E-state index contributed by atoms with van der Waals surface area (Å²) in [5.74, 6) is 0.662. The number of aromatic nitrogens is 1. The van der Waals surface area contributed by atoms with E-state index in [0.29, 0.717) is 39.5 Å². The van der Waals surface area contributed by atoms with Crippen molar-refractivity contribution in [3.8, 4) is 5.75 Å². The minimum Gasteiger partial charge on any atom is -0.497 e. The lowest BCUT2D eigenvalue weighted by molar-refractivity contribution is 0.0925. The largest absolute Gasteiger partial charge is 0.497 e. The molecule has 176 valence electrons. The van der Waals surface area contributed by atoms with Gasteiger partial charge in [0.2, 0.25) is 10.0 Å². The average Bonchev–Trinajstić information content (AvgIpc) is 3.25. The summed E-state index contributed by atoms with van der Waals surface area (Å²) in [6.45, 7) is 6.35. The van der Waals surface area contributed by atoms with Crippen LogP contribution in [0.15, 0.2) is 46.1 Å². The van der Waals surface area contributed by atoms with Crippen molar-refractivity contribution in [2.75, 3.05) is 20.3 Å². The highest BCUT2D eigenvalue weighted by Crippen LogP contribution is 2.28. The predicted octanol–water partition coefficient (Wildman–Crippen LogP) is 3.83. The second kappa shape index (κ2) is 9.29. The molecule has 1 aromatic heterocycles. The van der Waals surface area contributed by atoms with Gasteiger partial charge in [-0.25, -0.2) is 8.42 Å².